The highest BCUT2D eigenvalue weighted by molar-refractivity contribution is 6.06. The number of rotatable bonds is 0. The lowest BCUT2D eigenvalue weighted by atomic mass is 9.81. The van der Waals surface area contributed by atoms with E-state index in [0.717, 1.165) is 25.7 Å². The number of aliphatic imine (C=N–C) groups is 1. The molecule has 0 aromatic heterocycles. The van der Waals surface area contributed by atoms with Gasteiger partial charge in [-0.1, -0.05) is 12.8 Å². The third-order valence-corrected chi connectivity index (χ3v) is 4.29. The topological polar surface area (TPSA) is 41.5 Å². The summed E-state index contributed by atoms with van der Waals surface area (Å²) >= 11 is 0. The Kier molecular flexibility index (Phi) is 2.49. The zero-order chi connectivity index (χ0) is 11.0. The standard InChI is InChI=1S/C13H20N2O/c16-12-10-6-2-3-7-11(10)14-13(15-12)8-4-1-5-9-13/h10H,1-9H2,(H,15,16). The molecule has 0 radical (unpaired) electrons. The molecule has 0 saturated heterocycles. The average Bonchev–Trinajstić information content (AvgIpc) is 2.30. The normalized spacial score (nSPS) is 32.9. The van der Waals surface area contributed by atoms with Crippen molar-refractivity contribution in [1.29, 1.82) is 0 Å². The number of fused-ring (bicyclic) bond motifs is 1. The summed E-state index contributed by atoms with van der Waals surface area (Å²) in [6.07, 6.45) is 10.3. The molecule has 1 aliphatic heterocycles. The predicted octanol–water partition coefficient (Wildman–Crippen LogP) is 2.41. The first-order chi connectivity index (χ1) is 7.79. The quantitative estimate of drug-likeness (QED) is 0.669. The van der Waals surface area contributed by atoms with Crippen LogP contribution in [0.5, 0.6) is 0 Å². The Morgan fingerprint density at radius 3 is 2.75 bits per heavy atom. The van der Waals surface area contributed by atoms with Gasteiger partial charge in [0.15, 0.2) is 0 Å². The second kappa shape index (κ2) is 3.86. The van der Waals surface area contributed by atoms with E-state index in [1.807, 2.05) is 0 Å². The summed E-state index contributed by atoms with van der Waals surface area (Å²) in [5.74, 6) is 0.368. The molecule has 1 atom stereocenters. The van der Waals surface area contributed by atoms with Crippen molar-refractivity contribution in [2.24, 2.45) is 10.9 Å². The molecule has 1 N–H and O–H groups in total. The van der Waals surface area contributed by atoms with E-state index in [-0.39, 0.29) is 17.5 Å². The lowest BCUT2D eigenvalue weighted by molar-refractivity contribution is -0.126. The van der Waals surface area contributed by atoms with Crippen LogP contribution in [0.25, 0.3) is 0 Å². The molecule has 1 unspecified atom stereocenters. The zero-order valence-corrected chi connectivity index (χ0v) is 9.80. The van der Waals surface area contributed by atoms with Gasteiger partial charge in [0.2, 0.25) is 5.91 Å². The number of hydrogen-bond acceptors (Lipinski definition) is 2. The summed E-state index contributed by atoms with van der Waals surface area (Å²) in [6.45, 7) is 0. The maximum absolute atomic E-state index is 12.1. The number of nitrogens with one attached hydrogen (secondary N) is 1. The van der Waals surface area contributed by atoms with Gasteiger partial charge in [-0.25, -0.2) is 0 Å². The first-order valence-corrected chi connectivity index (χ1v) is 6.70. The molecule has 1 amide bonds. The monoisotopic (exact) mass is 220 g/mol. The van der Waals surface area contributed by atoms with Crippen molar-refractivity contribution < 1.29 is 4.79 Å². The molecule has 16 heavy (non-hydrogen) atoms. The molecule has 0 aromatic rings. The van der Waals surface area contributed by atoms with Crippen LogP contribution in [0.1, 0.15) is 57.8 Å². The Labute approximate surface area is 96.7 Å². The van der Waals surface area contributed by atoms with Gasteiger partial charge in [0.05, 0.1) is 5.92 Å². The third-order valence-electron chi connectivity index (χ3n) is 4.29. The Morgan fingerprint density at radius 1 is 1.12 bits per heavy atom. The number of amides is 1. The molecule has 2 aliphatic carbocycles. The Morgan fingerprint density at radius 2 is 1.94 bits per heavy atom. The van der Waals surface area contributed by atoms with E-state index in [1.165, 1.54) is 37.8 Å². The summed E-state index contributed by atoms with van der Waals surface area (Å²) in [5, 5.41) is 3.20. The van der Waals surface area contributed by atoms with Crippen LogP contribution in [-0.2, 0) is 4.79 Å². The van der Waals surface area contributed by atoms with Gasteiger partial charge in [-0.05, 0) is 44.9 Å². The molecule has 3 nitrogen and oxygen atoms in total. The van der Waals surface area contributed by atoms with Gasteiger partial charge in [-0.2, -0.15) is 0 Å². The summed E-state index contributed by atoms with van der Waals surface area (Å²) in [4.78, 5) is 17.0. The van der Waals surface area contributed by atoms with Crippen molar-refractivity contribution in [3.63, 3.8) is 0 Å². The Bertz CT molecular complexity index is 329. The van der Waals surface area contributed by atoms with Crippen LogP contribution in [0, 0.1) is 5.92 Å². The molecule has 2 saturated carbocycles. The molecular weight excluding hydrogens is 200 g/mol. The fourth-order valence-corrected chi connectivity index (χ4v) is 3.40. The molecule has 3 aliphatic rings. The molecule has 3 heteroatoms. The highest BCUT2D eigenvalue weighted by Gasteiger charge is 2.41. The van der Waals surface area contributed by atoms with Crippen molar-refractivity contribution in [3.8, 4) is 0 Å². The van der Waals surface area contributed by atoms with E-state index in [0.29, 0.717) is 0 Å². The van der Waals surface area contributed by atoms with Crippen molar-refractivity contribution in [2.75, 3.05) is 0 Å². The van der Waals surface area contributed by atoms with Gasteiger partial charge in [-0.3, -0.25) is 9.79 Å². The van der Waals surface area contributed by atoms with Gasteiger partial charge >= 0.3 is 0 Å². The van der Waals surface area contributed by atoms with Crippen LogP contribution >= 0.6 is 0 Å². The van der Waals surface area contributed by atoms with Gasteiger partial charge < -0.3 is 5.32 Å². The second-order valence-electron chi connectivity index (χ2n) is 5.48. The van der Waals surface area contributed by atoms with Crippen molar-refractivity contribution >= 4 is 11.6 Å². The highest BCUT2D eigenvalue weighted by atomic mass is 16.2. The lowest BCUT2D eigenvalue weighted by Crippen LogP contribution is -2.56. The SMILES string of the molecule is O=C1NC2(CCCCC2)N=C2CCCCC12. The van der Waals surface area contributed by atoms with Crippen LogP contribution < -0.4 is 5.32 Å². The molecule has 0 bridgehead atoms. The van der Waals surface area contributed by atoms with E-state index in [4.69, 9.17) is 4.99 Å². The van der Waals surface area contributed by atoms with Crippen molar-refractivity contribution in [1.82, 2.24) is 5.32 Å². The minimum Gasteiger partial charge on any atom is -0.331 e. The molecule has 0 aromatic carbocycles. The fourth-order valence-electron chi connectivity index (χ4n) is 3.40. The second-order valence-corrected chi connectivity index (χ2v) is 5.48. The molecule has 1 spiro atoms. The first-order valence-electron chi connectivity index (χ1n) is 6.70. The predicted molar refractivity (Wildman–Crippen MR) is 63.4 cm³/mol. The first kappa shape index (κ1) is 10.3. The molecular formula is C13H20N2O. The third kappa shape index (κ3) is 1.66. The Balaban J connectivity index is 1.89. The minimum absolute atomic E-state index is 0.112. The van der Waals surface area contributed by atoms with E-state index >= 15 is 0 Å². The average molecular weight is 220 g/mol. The number of hydrogen-bond donors (Lipinski definition) is 1. The van der Waals surface area contributed by atoms with Crippen LogP contribution in [-0.4, -0.2) is 17.3 Å². The summed E-state index contributed by atoms with van der Waals surface area (Å²) < 4.78 is 0. The number of nitrogens with zero attached hydrogens (tertiary/aromatic N) is 1. The van der Waals surface area contributed by atoms with Gasteiger partial charge in [0, 0.05) is 5.71 Å². The number of carbonyl (C=O) groups is 1. The number of carbonyl (C=O) groups excluding carboxylic acids is 1. The molecule has 88 valence electrons. The maximum Gasteiger partial charge on any atom is 0.230 e. The fraction of sp³-hybridized carbons (Fsp3) is 0.846. The lowest BCUT2D eigenvalue weighted by Gasteiger charge is -2.41. The van der Waals surface area contributed by atoms with Crippen molar-refractivity contribution in [2.45, 2.75) is 63.5 Å². The van der Waals surface area contributed by atoms with Crippen LogP contribution in [0.2, 0.25) is 0 Å². The van der Waals surface area contributed by atoms with E-state index < -0.39 is 0 Å². The van der Waals surface area contributed by atoms with Gasteiger partial charge in [0.25, 0.3) is 0 Å². The highest BCUT2D eigenvalue weighted by Crippen LogP contribution is 2.35. The summed E-state index contributed by atoms with van der Waals surface area (Å²) in [6, 6.07) is 0. The van der Waals surface area contributed by atoms with Crippen molar-refractivity contribution in [3.05, 3.63) is 0 Å². The minimum atomic E-state index is -0.196. The smallest absolute Gasteiger partial charge is 0.230 e. The van der Waals surface area contributed by atoms with Crippen LogP contribution in [0.15, 0.2) is 4.99 Å². The van der Waals surface area contributed by atoms with Crippen LogP contribution in [0.3, 0.4) is 0 Å². The Hall–Kier alpha value is -0.860. The van der Waals surface area contributed by atoms with E-state index in [1.54, 1.807) is 0 Å². The summed E-state index contributed by atoms with van der Waals surface area (Å²) in [5.41, 5.74) is 1.01. The molecule has 2 fully saturated rings. The van der Waals surface area contributed by atoms with E-state index in [2.05, 4.69) is 5.32 Å². The van der Waals surface area contributed by atoms with Gasteiger partial charge in [-0.15, -0.1) is 0 Å². The molecule has 3 rings (SSSR count). The van der Waals surface area contributed by atoms with E-state index in [9.17, 15) is 4.79 Å². The largest absolute Gasteiger partial charge is 0.331 e. The molecule has 1 heterocycles. The zero-order valence-electron chi connectivity index (χ0n) is 9.80. The summed E-state index contributed by atoms with van der Waals surface area (Å²) in [7, 11) is 0. The van der Waals surface area contributed by atoms with Gasteiger partial charge in [0.1, 0.15) is 5.66 Å². The maximum atomic E-state index is 12.1. The van der Waals surface area contributed by atoms with Crippen LogP contribution in [0.4, 0.5) is 0 Å².